The number of hydrogen-bond donors (Lipinski definition) is 0. The lowest BCUT2D eigenvalue weighted by Gasteiger charge is -2.55. The summed E-state index contributed by atoms with van der Waals surface area (Å²) >= 11 is 0. The Bertz CT molecular complexity index is 500. The number of nitrogens with zero attached hydrogens (tertiary/aromatic N) is 2. The monoisotopic (exact) mass is 382 g/mol. The molecule has 0 spiro atoms. The second kappa shape index (κ2) is 10.0. The number of carbonyl (C=O) groups is 2. The van der Waals surface area contributed by atoms with Crippen molar-refractivity contribution in [1.29, 1.82) is 0 Å². The number of esters is 2. The summed E-state index contributed by atoms with van der Waals surface area (Å²) in [6.45, 7) is 17.0. The fourth-order valence-corrected chi connectivity index (χ4v) is 4.08. The van der Waals surface area contributed by atoms with E-state index in [9.17, 15) is 9.59 Å². The molecule has 0 bridgehead atoms. The van der Waals surface area contributed by atoms with Crippen LogP contribution in [0.2, 0.25) is 0 Å². The van der Waals surface area contributed by atoms with Crippen molar-refractivity contribution in [1.82, 2.24) is 9.96 Å². The highest BCUT2D eigenvalue weighted by molar-refractivity contribution is 5.81. The minimum absolute atomic E-state index is 0.172. The molecule has 1 aliphatic rings. The Balaban J connectivity index is 2.85. The van der Waals surface area contributed by atoms with Crippen LogP contribution >= 0.6 is 0 Å². The molecule has 0 aliphatic carbocycles. The maximum Gasteiger partial charge on any atom is 0.330 e. The normalized spacial score (nSPS) is 19.5. The summed E-state index contributed by atoms with van der Waals surface area (Å²) in [7, 11) is 1.70. The van der Waals surface area contributed by atoms with Gasteiger partial charge in [-0.3, -0.25) is 4.90 Å². The fraction of sp³-hybridized carbons (Fsp3) is 0.700. The summed E-state index contributed by atoms with van der Waals surface area (Å²) in [4.78, 5) is 30.5. The molecule has 7 nitrogen and oxygen atoms in total. The fourth-order valence-electron chi connectivity index (χ4n) is 4.08. The van der Waals surface area contributed by atoms with Crippen LogP contribution in [0.25, 0.3) is 0 Å². The third kappa shape index (κ3) is 6.75. The molecule has 0 saturated carbocycles. The molecule has 0 amide bonds. The van der Waals surface area contributed by atoms with E-state index in [1.165, 1.54) is 0 Å². The zero-order chi connectivity index (χ0) is 20.7. The first-order chi connectivity index (χ1) is 12.6. The number of hydrogen-bond acceptors (Lipinski definition) is 7. The highest BCUT2D eigenvalue weighted by atomic mass is 16.7. The van der Waals surface area contributed by atoms with Gasteiger partial charge >= 0.3 is 11.9 Å². The van der Waals surface area contributed by atoms with Crippen LogP contribution in [0, 0.1) is 0 Å². The first-order valence-corrected chi connectivity index (χ1v) is 9.24. The number of piperidine rings is 1. The Labute approximate surface area is 162 Å². The summed E-state index contributed by atoms with van der Waals surface area (Å²) in [5, 5.41) is 2.05. The van der Waals surface area contributed by atoms with E-state index >= 15 is 0 Å². The number of ether oxygens (including phenoxy) is 2. The molecule has 0 unspecified atom stereocenters. The van der Waals surface area contributed by atoms with Gasteiger partial charge in [-0.1, -0.05) is 13.2 Å². The minimum Gasteiger partial charge on any atom is -0.461 e. The summed E-state index contributed by atoms with van der Waals surface area (Å²) in [6, 6.07) is 0.228. The minimum atomic E-state index is -0.442. The van der Waals surface area contributed by atoms with Gasteiger partial charge in [0.2, 0.25) is 0 Å². The van der Waals surface area contributed by atoms with Gasteiger partial charge in [-0.2, -0.15) is 5.06 Å². The van der Waals surface area contributed by atoms with Crippen LogP contribution in [-0.2, 0) is 23.9 Å². The molecule has 0 aromatic rings. The molecule has 27 heavy (non-hydrogen) atoms. The molecule has 7 heteroatoms. The average Bonchev–Trinajstić information content (AvgIpc) is 2.58. The number of carbonyl (C=O) groups excluding carboxylic acids is 2. The smallest absolute Gasteiger partial charge is 0.330 e. The topological polar surface area (TPSA) is 68.3 Å². The third-order valence-corrected chi connectivity index (χ3v) is 4.85. The van der Waals surface area contributed by atoms with E-state index in [0.717, 1.165) is 25.0 Å². The lowest BCUT2D eigenvalue weighted by atomic mass is 9.78. The van der Waals surface area contributed by atoms with Crippen molar-refractivity contribution in [2.75, 3.05) is 33.4 Å². The first kappa shape index (κ1) is 23.3. The molecule has 0 aromatic carbocycles. The van der Waals surface area contributed by atoms with Crippen LogP contribution in [0.1, 0.15) is 40.5 Å². The van der Waals surface area contributed by atoms with Crippen molar-refractivity contribution >= 4 is 11.9 Å². The van der Waals surface area contributed by atoms with Crippen LogP contribution in [0.15, 0.2) is 25.3 Å². The van der Waals surface area contributed by atoms with Crippen molar-refractivity contribution in [2.24, 2.45) is 0 Å². The van der Waals surface area contributed by atoms with E-state index in [-0.39, 0.29) is 30.3 Å². The van der Waals surface area contributed by atoms with Crippen LogP contribution in [0.3, 0.4) is 0 Å². The predicted molar refractivity (Wildman–Crippen MR) is 104 cm³/mol. The van der Waals surface area contributed by atoms with Crippen molar-refractivity contribution in [3.05, 3.63) is 25.3 Å². The Kier molecular flexibility index (Phi) is 8.65. The Morgan fingerprint density at radius 2 is 1.41 bits per heavy atom. The van der Waals surface area contributed by atoms with E-state index in [1.54, 1.807) is 7.11 Å². The van der Waals surface area contributed by atoms with E-state index in [0.29, 0.717) is 13.1 Å². The highest BCUT2D eigenvalue weighted by Gasteiger charge is 2.47. The zero-order valence-electron chi connectivity index (χ0n) is 17.3. The van der Waals surface area contributed by atoms with Gasteiger partial charge in [0.15, 0.2) is 0 Å². The van der Waals surface area contributed by atoms with E-state index in [4.69, 9.17) is 14.3 Å². The van der Waals surface area contributed by atoms with Gasteiger partial charge < -0.3 is 14.3 Å². The molecule has 1 heterocycles. The predicted octanol–water partition coefficient (Wildman–Crippen LogP) is 2.33. The summed E-state index contributed by atoms with van der Waals surface area (Å²) < 4.78 is 10.3. The molecule has 1 saturated heterocycles. The number of hydroxylamine groups is 2. The number of rotatable bonds is 10. The largest absolute Gasteiger partial charge is 0.461 e. The van der Waals surface area contributed by atoms with Gasteiger partial charge in [-0.05, 0) is 40.5 Å². The molecule has 0 N–H and O–H groups in total. The molecule has 154 valence electrons. The van der Waals surface area contributed by atoms with Gasteiger partial charge in [0.05, 0.1) is 7.11 Å². The maximum absolute atomic E-state index is 11.3. The van der Waals surface area contributed by atoms with Crippen molar-refractivity contribution < 1.29 is 23.9 Å². The highest BCUT2D eigenvalue weighted by Crippen LogP contribution is 2.40. The molecular formula is C20H34N2O5. The van der Waals surface area contributed by atoms with Crippen molar-refractivity contribution in [3.8, 4) is 0 Å². The lowest BCUT2D eigenvalue weighted by Crippen LogP contribution is -2.64. The maximum atomic E-state index is 11.3. The van der Waals surface area contributed by atoms with Gasteiger partial charge in [0, 0.05) is 42.4 Å². The van der Waals surface area contributed by atoms with E-state index in [2.05, 4.69) is 45.8 Å². The first-order valence-electron chi connectivity index (χ1n) is 9.24. The molecule has 0 aromatic heterocycles. The molecule has 1 fully saturated rings. The Morgan fingerprint density at radius 3 is 1.74 bits per heavy atom. The Hall–Kier alpha value is -1.70. The summed E-state index contributed by atoms with van der Waals surface area (Å²) in [6.07, 6.45) is 4.04. The van der Waals surface area contributed by atoms with E-state index in [1.807, 2.05) is 5.06 Å². The molecule has 1 aliphatic heterocycles. The molecular weight excluding hydrogens is 348 g/mol. The second-order valence-corrected chi connectivity index (χ2v) is 7.94. The SMILES string of the molecule is C=CC(=O)OCCN(CCOC(=O)C=C)C1CC(C)(C)N(OC)C(C)(C)C1. The van der Waals surface area contributed by atoms with Gasteiger partial charge in [-0.25, -0.2) is 9.59 Å². The van der Waals surface area contributed by atoms with E-state index < -0.39 is 11.9 Å². The van der Waals surface area contributed by atoms with Crippen LogP contribution in [0.5, 0.6) is 0 Å². The average molecular weight is 383 g/mol. The van der Waals surface area contributed by atoms with Gasteiger partial charge in [-0.15, -0.1) is 0 Å². The van der Waals surface area contributed by atoms with Crippen LogP contribution in [0.4, 0.5) is 0 Å². The lowest BCUT2D eigenvalue weighted by molar-refractivity contribution is -0.272. The van der Waals surface area contributed by atoms with Crippen LogP contribution < -0.4 is 0 Å². The second-order valence-electron chi connectivity index (χ2n) is 7.94. The van der Waals surface area contributed by atoms with Crippen LogP contribution in [-0.4, -0.2) is 72.4 Å². The Morgan fingerprint density at radius 1 is 1.00 bits per heavy atom. The molecule has 0 radical (unpaired) electrons. The third-order valence-electron chi connectivity index (χ3n) is 4.85. The van der Waals surface area contributed by atoms with Gasteiger partial charge in [0.25, 0.3) is 0 Å². The summed E-state index contributed by atoms with van der Waals surface area (Å²) in [5.41, 5.74) is -0.343. The van der Waals surface area contributed by atoms with Crippen molar-refractivity contribution in [2.45, 2.75) is 57.7 Å². The summed E-state index contributed by atoms with van der Waals surface area (Å²) in [5.74, 6) is -0.884. The zero-order valence-corrected chi connectivity index (χ0v) is 17.3. The quantitative estimate of drug-likeness (QED) is 0.424. The van der Waals surface area contributed by atoms with Crippen molar-refractivity contribution in [3.63, 3.8) is 0 Å². The molecule has 0 atom stereocenters. The van der Waals surface area contributed by atoms with Gasteiger partial charge in [0.1, 0.15) is 13.2 Å². The molecule has 1 rings (SSSR count). The standard InChI is InChI=1S/C20H34N2O5/c1-8-17(23)26-12-10-21(11-13-27-18(24)9-2)16-14-19(3,4)22(25-7)20(5,6)15-16/h8-9,16H,1-2,10-15H2,3-7H3.